The molecule has 1 aliphatic heterocycles. The Balaban J connectivity index is 2.29. The number of aromatic nitrogens is 3. The summed E-state index contributed by atoms with van der Waals surface area (Å²) in [5.41, 5.74) is 1.34. The Bertz CT molecular complexity index is 978. The van der Waals surface area contributed by atoms with Crippen LogP contribution in [0.3, 0.4) is 0 Å². The molecule has 0 radical (unpaired) electrons. The second-order valence-electron chi connectivity index (χ2n) is 8.25. The van der Waals surface area contributed by atoms with Crippen LogP contribution in [0.2, 0.25) is 0 Å². The molecule has 0 bridgehead atoms. The second-order valence-corrected chi connectivity index (χ2v) is 8.25. The summed E-state index contributed by atoms with van der Waals surface area (Å²) in [5, 5.41) is 7.25. The Morgan fingerprint density at radius 2 is 1.96 bits per heavy atom. The number of carbonyl (C=O) groups excluding carboxylic acids is 2. The van der Waals surface area contributed by atoms with Crippen LogP contribution in [0, 0.1) is 0 Å². The number of hydrogen-bond acceptors (Lipinski definition) is 4. The van der Waals surface area contributed by atoms with Gasteiger partial charge in [0.05, 0.1) is 17.8 Å². The highest BCUT2D eigenvalue weighted by atomic mass is 16.2. The molecule has 3 rings (SSSR count). The maximum atomic E-state index is 13.0. The highest BCUT2D eigenvalue weighted by Crippen LogP contribution is 2.26. The molecule has 0 unspecified atom stereocenters. The maximum Gasteiger partial charge on any atom is 0.280 e. The Morgan fingerprint density at radius 1 is 1.30 bits per heavy atom. The van der Waals surface area contributed by atoms with Gasteiger partial charge in [-0.3, -0.25) is 14.4 Å². The first kappa shape index (κ1) is 19.1. The van der Waals surface area contributed by atoms with Gasteiger partial charge < -0.3 is 14.8 Å². The zero-order valence-corrected chi connectivity index (χ0v) is 16.8. The molecule has 1 aliphatic rings. The summed E-state index contributed by atoms with van der Waals surface area (Å²) in [6.45, 7) is 12.4. The molecule has 27 heavy (non-hydrogen) atoms. The van der Waals surface area contributed by atoms with Gasteiger partial charge >= 0.3 is 0 Å². The summed E-state index contributed by atoms with van der Waals surface area (Å²) in [6, 6.07) is 1.76. The summed E-state index contributed by atoms with van der Waals surface area (Å²) < 4.78 is 2.96. The van der Waals surface area contributed by atoms with Crippen molar-refractivity contribution in [1.29, 1.82) is 0 Å². The lowest BCUT2D eigenvalue weighted by atomic mass is 9.93. The second kappa shape index (κ2) is 6.51. The van der Waals surface area contributed by atoms with Gasteiger partial charge in [0, 0.05) is 24.1 Å². The molecular formula is C19H27N5O3. The molecule has 0 aliphatic carbocycles. The van der Waals surface area contributed by atoms with Crippen LogP contribution in [0.4, 0.5) is 0 Å². The van der Waals surface area contributed by atoms with E-state index in [1.165, 1.54) is 4.52 Å². The van der Waals surface area contributed by atoms with E-state index in [1.54, 1.807) is 15.5 Å². The van der Waals surface area contributed by atoms with Crippen molar-refractivity contribution in [3.63, 3.8) is 0 Å². The van der Waals surface area contributed by atoms with Crippen LogP contribution in [0.1, 0.15) is 63.3 Å². The molecule has 8 nitrogen and oxygen atoms in total. The Morgan fingerprint density at radius 3 is 2.52 bits per heavy atom. The van der Waals surface area contributed by atoms with E-state index in [0.29, 0.717) is 23.4 Å². The van der Waals surface area contributed by atoms with Gasteiger partial charge in [-0.05, 0) is 20.8 Å². The van der Waals surface area contributed by atoms with Gasteiger partial charge in [0.2, 0.25) is 5.91 Å². The Labute approximate surface area is 158 Å². The first-order chi connectivity index (χ1) is 12.6. The third kappa shape index (κ3) is 3.13. The van der Waals surface area contributed by atoms with Crippen molar-refractivity contribution in [3.05, 3.63) is 33.4 Å². The molecule has 0 fully saturated rings. The van der Waals surface area contributed by atoms with Crippen LogP contribution >= 0.6 is 0 Å². The number of hydrogen-bond donors (Lipinski definition) is 1. The SMILES string of the molecule is CCNC(=O)Cn1c2c(c(=O)n3nc(C(C)(C)C)cc13)CN(C(C)C)C2=O. The maximum absolute atomic E-state index is 13.0. The van der Waals surface area contributed by atoms with E-state index in [0.717, 1.165) is 5.69 Å². The molecular weight excluding hydrogens is 346 g/mol. The molecule has 146 valence electrons. The average molecular weight is 373 g/mol. The van der Waals surface area contributed by atoms with E-state index in [-0.39, 0.29) is 41.9 Å². The zero-order chi connectivity index (χ0) is 20.1. The normalized spacial score (nSPS) is 14.3. The minimum Gasteiger partial charge on any atom is -0.355 e. The first-order valence-corrected chi connectivity index (χ1v) is 9.29. The fourth-order valence-corrected chi connectivity index (χ4v) is 3.33. The van der Waals surface area contributed by atoms with Gasteiger partial charge in [-0.15, -0.1) is 0 Å². The third-order valence-corrected chi connectivity index (χ3v) is 4.83. The number of likely N-dealkylation sites (N-methyl/N-ethyl adjacent to an activating group) is 1. The van der Waals surface area contributed by atoms with Crippen LogP contribution < -0.4 is 10.9 Å². The van der Waals surface area contributed by atoms with E-state index in [1.807, 2.05) is 41.5 Å². The highest BCUT2D eigenvalue weighted by Gasteiger charge is 2.36. The fraction of sp³-hybridized carbons (Fsp3) is 0.579. The Hall–Kier alpha value is -2.64. The van der Waals surface area contributed by atoms with Crippen molar-refractivity contribution in [3.8, 4) is 0 Å². The lowest BCUT2D eigenvalue weighted by Gasteiger charge is -2.20. The summed E-state index contributed by atoms with van der Waals surface area (Å²) in [5.74, 6) is -0.429. The quantitative estimate of drug-likeness (QED) is 0.875. The van der Waals surface area contributed by atoms with Crippen LogP contribution in [-0.4, -0.2) is 43.5 Å². The van der Waals surface area contributed by atoms with Crippen molar-refractivity contribution in [2.75, 3.05) is 6.54 Å². The molecule has 1 N–H and O–H groups in total. The molecule has 2 aromatic rings. The van der Waals surface area contributed by atoms with Crippen LogP contribution in [-0.2, 0) is 23.3 Å². The molecule has 0 saturated carbocycles. The van der Waals surface area contributed by atoms with Crippen molar-refractivity contribution in [2.45, 2.75) is 66.1 Å². The molecule has 2 amide bonds. The Kier molecular flexibility index (Phi) is 4.61. The number of rotatable bonds is 4. The predicted molar refractivity (Wildman–Crippen MR) is 102 cm³/mol. The van der Waals surface area contributed by atoms with Gasteiger partial charge in [-0.2, -0.15) is 9.61 Å². The number of amides is 2. The standard InChI is InChI=1S/C19H27N5O3/c1-7-20-14(25)10-23-15-8-13(19(4,5)6)21-24(15)17(26)12-9-22(11(2)3)18(27)16(12)23/h8,11H,7,9-10H2,1-6H3,(H,20,25). The lowest BCUT2D eigenvalue weighted by Crippen LogP contribution is -2.34. The van der Waals surface area contributed by atoms with Crippen molar-refractivity contribution in [2.24, 2.45) is 0 Å². The summed E-state index contributed by atoms with van der Waals surface area (Å²) in [4.78, 5) is 40.0. The van der Waals surface area contributed by atoms with E-state index < -0.39 is 0 Å². The highest BCUT2D eigenvalue weighted by molar-refractivity contribution is 5.98. The van der Waals surface area contributed by atoms with Crippen LogP contribution in [0.5, 0.6) is 0 Å². The van der Waals surface area contributed by atoms with E-state index in [9.17, 15) is 14.4 Å². The van der Waals surface area contributed by atoms with Crippen molar-refractivity contribution >= 4 is 17.5 Å². The molecule has 0 aromatic carbocycles. The lowest BCUT2D eigenvalue weighted by molar-refractivity contribution is -0.121. The number of carbonyl (C=O) groups is 2. The predicted octanol–water partition coefficient (Wildman–Crippen LogP) is 1.29. The number of nitrogens with one attached hydrogen (secondary N) is 1. The molecule has 3 heterocycles. The van der Waals surface area contributed by atoms with Crippen LogP contribution in [0.15, 0.2) is 10.9 Å². The molecule has 0 saturated heterocycles. The minimum atomic E-state index is -0.292. The fourth-order valence-electron chi connectivity index (χ4n) is 3.33. The molecule has 2 aromatic heterocycles. The largest absolute Gasteiger partial charge is 0.355 e. The van der Waals surface area contributed by atoms with E-state index >= 15 is 0 Å². The smallest absolute Gasteiger partial charge is 0.280 e. The van der Waals surface area contributed by atoms with Crippen molar-refractivity contribution in [1.82, 2.24) is 24.4 Å². The topological polar surface area (TPSA) is 88.7 Å². The monoisotopic (exact) mass is 373 g/mol. The van der Waals surface area contributed by atoms with E-state index in [4.69, 9.17) is 0 Å². The molecule has 0 spiro atoms. The molecule has 8 heteroatoms. The summed E-state index contributed by atoms with van der Waals surface area (Å²) >= 11 is 0. The van der Waals surface area contributed by atoms with Crippen LogP contribution in [0.25, 0.3) is 5.65 Å². The number of fused-ring (bicyclic) bond motifs is 2. The zero-order valence-electron chi connectivity index (χ0n) is 16.8. The van der Waals surface area contributed by atoms with Crippen molar-refractivity contribution < 1.29 is 9.59 Å². The van der Waals surface area contributed by atoms with Gasteiger partial charge in [0.25, 0.3) is 11.5 Å². The van der Waals surface area contributed by atoms with E-state index in [2.05, 4.69) is 10.4 Å². The third-order valence-electron chi connectivity index (χ3n) is 4.83. The minimum absolute atomic E-state index is 0.0348. The summed E-state index contributed by atoms with van der Waals surface area (Å²) in [7, 11) is 0. The van der Waals surface area contributed by atoms with Gasteiger partial charge in [0.1, 0.15) is 17.9 Å². The van der Waals surface area contributed by atoms with Gasteiger partial charge in [0.15, 0.2) is 0 Å². The first-order valence-electron chi connectivity index (χ1n) is 9.29. The average Bonchev–Trinajstić information content (AvgIpc) is 3.14. The molecule has 0 atom stereocenters. The number of nitrogens with zero attached hydrogens (tertiary/aromatic N) is 4. The van der Waals surface area contributed by atoms with Gasteiger partial charge in [-0.25, -0.2) is 0 Å². The summed E-state index contributed by atoms with van der Waals surface area (Å²) in [6.07, 6.45) is 0. The van der Waals surface area contributed by atoms with Gasteiger partial charge in [-0.1, -0.05) is 20.8 Å².